The number of hydrogen-bond acceptors (Lipinski definition) is 6. The van der Waals surface area contributed by atoms with E-state index in [-0.39, 0.29) is 13.0 Å². The van der Waals surface area contributed by atoms with Gasteiger partial charge in [-0.1, -0.05) is 5.06 Å². The maximum Gasteiger partial charge on any atom is 0.335 e. The molecule has 0 saturated heterocycles. The first-order chi connectivity index (χ1) is 8.99. The molecule has 0 atom stereocenters. The molecule has 8 heteroatoms. The Morgan fingerprint density at radius 2 is 1.37 bits per heavy atom. The van der Waals surface area contributed by atoms with E-state index in [0.29, 0.717) is 5.06 Å². The molecule has 19 heavy (non-hydrogen) atoms. The van der Waals surface area contributed by atoms with E-state index >= 15 is 0 Å². The maximum atomic E-state index is 11.4. The fourth-order valence-corrected chi connectivity index (χ4v) is 1.48. The molecule has 2 heterocycles. The topological polar surface area (TPSA) is 101 Å². The van der Waals surface area contributed by atoms with Crippen LogP contribution in [-0.4, -0.2) is 46.1 Å². The number of carbonyl (C=O) groups excluding carboxylic acids is 5. The second kappa shape index (κ2) is 4.84. The molecule has 2 aliphatic rings. The van der Waals surface area contributed by atoms with Crippen molar-refractivity contribution in [3.63, 3.8) is 0 Å². The van der Waals surface area contributed by atoms with Gasteiger partial charge in [-0.25, -0.2) is 4.79 Å². The minimum atomic E-state index is -0.891. The summed E-state index contributed by atoms with van der Waals surface area (Å²) >= 11 is 0. The molecule has 98 valence electrons. The minimum Gasteiger partial charge on any atom is -0.330 e. The molecule has 0 aromatic rings. The molecule has 2 rings (SSSR count). The molecular weight excluding hydrogens is 256 g/mol. The molecule has 0 aliphatic carbocycles. The van der Waals surface area contributed by atoms with Crippen LogP contribution in [0.5, 0.6) is 0 Å². The quantitative estimate of drug-likeness (QED) is 0.584. The highest BCUT2D eigenvalue weighted by Gasteiger charge is 2.29. The number of hydrogen-bond donors (Lipinski definition) is 0. The Morgan fingerprint density at radius 3 is 1.89 bits per heavy atom. The molecule has 0 fully saturated rings. The van der Waals surface area contributed by atoms with Gasteiger partial charge >= 0.3 is 5.97 Å². The van der Waals surface area contributed by atoms with E-state index in [0.717, 1.165) is 29.2 Å². The van der Waals surface area contributed by atoms with Crippen molar-refractivity contribution in [3.8, 4) is 0 Å². The van der Waals surface area contributed by atoms with Gasteiger partial charge in [-0.05, 0) is 0 Å². The Balaban J connectivity index is 1.83. The van der Waals surface area contributed by atoms with Gasteiger partial charge in [0.1, 0.15) is 0 Å². The molecule has 0 saturated carbocycles. The molecular formula is C11H8N2O6. The number of carbonyl (C=O) groups is 5. The molecule has 0 spiro atoms. The molecule has 0 aromatic heterocycles. The lowest BCUT2D eigenvalue weighted by Crippen LogP contribution is -2.36. The number of rotatable bonds is 4. The standard InChI is InChI=1S/C11H8N2O6/c14-7-1-2-8(15)12(7)6-5-11(18)19-13-9(16)3-4-10(13)17/h1-4H,5-6H2. The third-order valence-electron chi connectivity index (χ3n) is 2.40. The van der Waals surface area contributed by atoms with Crippen molar-refractivity contribution in [1.29, 1.82) is 0 Å². The Labute approximate surface area is 106 Å². The van der Waals surface area contributed by atoms with Gasteiger partial charge in [0.05, 0.1) is 6.42 Å². The molecule has 0 N–H and O–H groups in total. The van der Waals surface area contributed by atoms with Crippen LogP contribution >= 0.6 is 0 Å². The van der Waals surface area contributed by atoms with Crippen LogP contribution in [-0.2, 0) is 28.8 Å². The third kappa shape index (κ3) is 2.57. The van der Waals surface area contributed by atoms with Gasteiger partial charge in [-0.3, -0.25) is 24.1 Å². The second-order valence-electron chi connectivity index (χ2n) is 3.68. The fraction of sp³-hybridized carbons (Fsp3) is 0.182. The Morgan fingerprint density at radius 1 is 0.895 bits per heavy atom. The summed E-state index contributed by atoms with van der Waals surface area (Å²) in [5.41, 5.74) is 0. The normalized spacial score (nSPS) is 17.9. The van der Waals surface area contributed by atoms with Crippen LogP contribution in [0.3, 0.4) is 0 Å². The van der Waals surface area contributed by atoms with Crippen molar-refractivity contribution < 1.29 is 28.8 Å². The van der Waals surface area contributed by atoms with Crippen molar-refractivity contribution in [1.82, 2.24) is 9.96 Å². The first-order valence-corrected chi connectivity index (χ1v) is 5.29. The summed E-state index contributed by atoms with van der Waals surface area (Å²) in [4.78, 5) is 61.3. The second-order valence-corrected chi connectivity index (χ2v) is 3.68. The van der Waals surface area contributed by atoms with Crippen LogP contribution < -0.4 is 0 Å². The zero-order valence-corrected chi connectivity index (χ0v) is 9.57. The molecule has 2 aliphatic heterocycles. The molecule has 8 nitrogen and oxygen atoms in total. The molecule has 4 amide bonds. The van der Waals surface area contributed by atoms with Crippen LogP contribution in [0.2, 0.25) is 0 Å². The highest BCUT2D eigenvalue weighted by molar-refractivity contribution is 6.13. The summed E-state index contributed by atoms with van der Waals surface area (Å²) in [5, 5.41) is 0.314. The van der Waals surface area contributed by atoms with Crippen molar-refractivity contribution in [2.24, 2.45) is 0 Å². The van der Waals surface area contributed by atoms with E-state index in [2.05, 4.69) is 4.84 Å². The summed E-state index contributed by atoms with van der Waals surface area (Å²) in [5.74, 6) is -3.44. The lowest BCUT2D eigenvalue weighted by atomic mass is 10.4. The number of hydroxylamine groups is 2. The average molecular weight is 264 g/mol. The van der Waals surface area contributed by atoms with Gasteiger partial charge in [-0.15, -0.1) is 0 Å². The number of nitrogens with zero attached hydrogens (tertiary/aromatic N) is 2. The van der Waals surface area contributed by atoms with Gasteiger partial charge in [-0.2, -0.15) is 0 Å². The third-order valence-corrected chi connectivity index (χ3v) is 2.40. The van der Waals surface area contributed by atoms with E-state index in [1.54, 1.807) is 0 Å². The van der Waals surface area contributed by atoms with Crippen LogP contribution in [0.4, 0.5) is 0 Å². The van der Waals surface area contributed by atoms with Crippen LogP contribution in [0.15, 0.2) is 24.3 Å². The van der Waals surface area contributed by atoms with E-state index in [1.165, 1.54) is 0 Å². The highest BCUT2D eigenvalue weighted by Crippen LogP contribution is 2.08. The first-order valence-electron chi connectivity index (χ1n) is 5.29. The monoisotopic (exact) mass is 264 g/mol. The summed E-state index contributed by atoms with van der Waals surface area (Å²) in [6.45, 7) is -0.173. The number of amides is 4. The Bertz CT molecular complexity index is 511. The van der Waals surface area contributed by atoms with Crippen molar-refractivity contribution >= 4 is 29.6 Å². The van der Waals surface area contributed by atoms with E-state index in [4.69, 9.17) is 0 Å². The molecule has 0 aromatic carbocycles. The van der Waals surface area contributed by atoms with E-state index in [1.807, 2.05) is 0 Å². The molecule has 0 bridgehead atoms. The van der Waals surface area contributed by atoms with Gasteiger partial charge in [0, 0.05) is 30.8 Å². The van der Waals surface area contributed by atoms with Crippen molar-refractivity contribution in [2.75, 3.05) is 6.54 Å². The fourth-order valence-electron chi connectivity index (χ4n) is 1.48. The average Bonchev–Trinajstić information content (AvgIpc) is 2.84. The summed E-state index contributed by atoms with van der Waals surface area (Å²) in [7, 11) is 0. The summed E-state index contributed by atoms with van der Waals surface area (Å²) in [6.07, 6.45) is 3.80. The molecule has 0 radical (unpaired) electrons. The smallest absolute Gasteiger partial charge is 0.330 e. The van der Waals surface area contributed by atoms with Crippen molar-refractivity contribution in [2.45, 2.75) is 6.42 Å². The lowest BCUT2D eigenvalue weighted by Gasteiger charge is -2.15. The first kappa shape index (κ1) is 12.7. The number of imide groups is 2. The SMILES string of the molecule is O=C(CCN1C(=O)C=CC1=O)ON1C(=O)C=CC1=O. The predicted octanol–water partition coefficient (Wildman–Crippen LogP) is -1.32. The van der Waals surface area contributed by atoms with Gasteiger partial charge < -0.3 is 4.84 Å². The van der Waals surface area contributed by atoms with Crippen molar-refractivity contribution in [3.05, 3.63) is 24.3 Å². The largest absolute Gasteiger partial charge is 0.335 e. The van der Waals surface area contributed by atoms with E-state index < -0.39 is 29.6 Å². The maximum absolute atomic E-state index is 11.4. The van der Waals surface area contributed by atoms with Crippen LogP contribution in [0.1, 0.15) is 6.42 Å². The predicted molar refractivity (Wildman–Crippen MR) is 57.6 cm³/mol. The minimum absolute atomic E-state index is 0.173. The Hall–Kier alpha value is -2.77. The summed E-state index contributed by atoms with van der Waals surface area (Å²) < 4.78 is 0. The van der Waals surface area contributed by atoms with Gasteiger partial charge in [0.25, 0.3) is 23.6 Å². The van der Waals surface area contributed by atoms with E-state index in [9.17, 15) is 24.0 Å². The lowest BCUT2D eigenvalue weighted by molar-refractivity contribution is -0.196. The van der Waals surface area contributed by atoms with Gasteiger partial charge in [0.15, 0.2) is 0 Å². The Kier molecular flexibility index (Phi) is 3.23. The molecule has 0 unspecified atom stereocenters. The summed E-state index contributed by atoms with van der Waals surface area (Å²) in [6, 6.07) is 0. The van der Waals surface area contributed by atoms with Crippen LogP contribution in [0.25, 0.3) is 0 Å². The van der Waals surface area contributed by atoms with Gasteiger partial charge in [0.2, 0.25) is 0 Å². The zero-order chi connectivity index (χ0) is 14.0. The zero-order valence-electron chi connectivity index (χ0n) is 9.57. The highest BCUT2D eigenvalue weighted by atomic mass is 16.7. The van der Waals surface area contributed by atoms with Crippen LogP contribution in [0, 0.1) is 0 Å².